The van der Waals surface area contributed by atoms with E-state index in [4.69, 9.17) is 0 Å². The zero-order valence-corrected chi connectivity index (χ0v) is 8.69. The standard InChI is InChI=1S/C11H18N2O/c1-13-8-9(7-12-13)10-5-3-2-4-6-11(10)14/h7-8,10-11,14H,2-6H2,1H3. The molecule has 1 heterocycles. The van der Waals surface area contributed by atoms with Crippen LogP contribution in [0.2, 0.25) is 0 Å². The van der Waals surface area contributed by atoms with Crippen LogP contribution in [-0.2, 0) is 7.05 Å². The average Bonchev–Trinajstić information content (AvgIpc) is 2.46. The quantitative estimate of drug-likeness (QED) is 0.693. The minimum absolute atomic E-state index is 0.165. The summed E-state index contributed by atoms with van der Waals surface area (Å²) < 4.78 is 1.81. The monoisotopic (exact) mass is 194 g/mol. The molecule has 0 amide bonds. The van der Waals surface area contributed by atoms with Gasteiger partial charge in [0.1, 0.15) is 0 Å². The van der Waals surface area contributed by atoms with Crippen molar-refractivity contribution < 1.29 is 5.11 Å². The smallest absolute Gasteiger partial charge is 0.0609 e. The van der Waals surface area contributed by atoms with Gasteiger partial charge in [0.05, 0.1) is 12.3 Å². The number of aliphatic hydroxyl groups excluding tert-OH is 1. The molecule has 2 atom stereocenters. The molecule has 1 aliphatic rings. The Morgan fingerprint density at radius 2 is 2.14 bits per heavy atom. The van der Waals surface area contributed by atoms with Crippen LogP contribution in [-0.4, -0.2) is 21.0 Å². The summed E-state index contributed by atoms with van der Waals surface area (Å²) in [7, 11) is 1.92. The van der Waals surface area contributed by atoms with Gasteiger partial charge >= 0.3 is 0 Å². The number of nitrogens with zero attached hydrogens (tertiary/aromatic N) is 2. The first-order chi connectivity index (χ1) is 6.77. The van der Waals surface area contributed by atoms with E-state index < -0.39 is 0 Å². The Kier molecular flexibility index (Phi) is 2.87. The van der Waals surface area contributed by atoms with Crippen molar-refractivity contribution in [1.82, 2.24) is 9.78 Å². The molecule has 1 aromatic rings. The minimum Gasteiger partial charge on any atom is -0.392 e. The predicted molar refractivity (Wildman–Crippen MR) is 55.0 cm³/mol. The summed E-state index contributed by atoms with van der Waals surface area (Å²) in [4.78, 5) is 0. The van der Waals surface area contributed by atoms with Crippen molar-refractivity contribution in [3.05, 3.63) is 18.0 Å². The largest absolute Gasteiger partial charge is 0.392 e. The fourth-order valence-corrected chi connectivity index (χ4v) is 2.31. The van der Waals surface area contributed by atoms with E-state index >= 15 is 0 Å². The molecule has 0 bridgehead atoms. The van der Waals surface area contributed by atoms with Crippen molar-refractivity contribution in [1.29, 1.82) is 0 Å². The normalized spacial score (nSPS) is 28.7. The van der Waals surface area contributed by atoms with Crippen LogP contribution >= 0.6 is 0 Å². The summed E-state index contributed by atoms with van der Waals surface area (Å²) in [5.74, 6) is 0.311. The molecule has 2 unspecified atom stereocenters. The lowest BCUT2D eigenvalue weighted by atomic mass is 9.92. The van der Waals surface area contributed by atoms with Gasteiger partial charge in [0, 0.05) is 19.2 Å². The number of aliphatic hydroxyl groups is 1. The lowest BCUT2D eigenvalue weighted by Gasteiger charge is -2.18. The highest BCUT2D eigenvalue weighted by Crippen LogP contribution is 2.31. The van der Waals surface area contributed by atoms with Crippen molar-refractivity contribution >= 4 is 0 Å². The molecule has 78 valence electrons. The van der Waals surface area contributed by atoms with Gasteiger partial charge in [0.15, 0.2) is 0 Å². The Balaban J connectivity index is 2.14. The lowest BCUT2D eigenvalue weighted by Crippen LogP contribution is -2.16. The van der Waals surface area contributed by atoms with Crippen molar-refractivity contribution in [3.8, 4) is 0 Å². The maximum Gasteiger partial charge on any atom is 0.0609 e. The molecule has 1 N–H and O–H groups in total. The number of hydrogen-bond donors (Lipinski definition) is 1. The molecule has 0 radical (unpaired) electrons. The first kappa shape index (κ1) is 9.71. The van der Waals surface area contributed by atoms with Gasteiger partial charge in [-0.3, -0.25) is 4.68 Å². The van der Waals surface area contributed by atoms with Crippen LogP contribution < -0.4 is 0 Å². The molecule has 0 spiro atoms. The third-order valence-electron chi connectivity index (χ3n) is 3.13. The van der Waals surface area contributed by atoms with Gasteiger partial charge in [-0.05, 0) is 18.4 Å². The summed E-state index contributed by atoms with van der Waals surface area (Å²) in [6.07, 6.45) is 9.45. The highest BCUT2D eigenvalue weighted by atomic mass is 16.3. The van der Waals surface area contributed by atoms with Crippen LogP contribution in [0.15, 0.2) is 12.4 Å². The molecule has 3 heteroatoms. The molecule has 2 rings (SSSR count). The van der Waals surface area contributed by atoms with Gasteiger partial charge in [0.25, 0.3) is 0 Å². The van der Waals surface area contributed by atoms with Gasteiger partial charge in [0.2, 0.25) is 0 Å². The van der Waals surface area contributed by atoms with Crippen LogP contribution in [0.4, 0.5) is 0 Å². The summed E-state index contributed by atoms with van der Waals surface area (Å²) in [5.41, 5.74) is 1.20. The minimum atomic E-state index is -0.165. The van der Waals surface area contributed by atoms with Crippen molar-refractivity contribution in [2.75, 3.05) is 0 Å². The van der Waals surface area contributed by atoms with Gasteiger partial charge in [-0.25, -0.2) is 0 Å². The maximum absolute atomic E-state index is 9.97. The van der Waals surface area contributed by atoms with Gasteiger partial charge < -0.3 is 5.11 Å². The number of rotatable bonds is 1. The fraction of sp³-hybridized carbons (Fsp3) is 0.727. The summed E-state index contributed by atoms with van der Waals surface area (Å²) in [6.45, 7) is 0. The Labute approximate surface area is 84.7 Å². The Hall–Kier alpha value is -0.830. The van der Waals surface area contributed by atoms with Crippen LogP contribution in [0, 0.1) is 0 Å². The van der Waals surface area contributed by atoms with Gasteiger partial charge in [-0.2, -0.15) is 5.10 Å². The summed E-state index contributed by atoms with van der Waals surface area (Å²) in [5, 5.41) is 14.1. The molecular formula is C11H18N2O. The van der Waals surface area contributed by atoms with Crippen LogP contribution in [0.3, 0.4) is 0 Å². The molecule has 0 aliphatic heterocycles. The van der Waals surface area contributed by atoms with E-state index in [0.717, 1.165) is 19.3 Å². The van der Waals surface area contributed by atoms with Crippen molar-refractivity contribution in [2.24, 2.45) is 7.05 Å². The average molecular weight is 194 g/mol. The Morgan fingerprint density at radius 1 is 1.36 bits per heavy atom. The second-order valence-electron chi connectivity index (χ2n) is 4.26. The third-order valence-corrected chi connectivity index (χ3v) is 3.13. The fourth-order valence-electron chi connectivity index (χ4n) is 2.31. The maximum atomic E-state index is 9.97. The summed E-state index contributed by atoms with van der Waals surface area (Å²) >= 11 is 0. The molecule has 1 fully saturated rings. The van der Waals surface area contributed by atoms with Crippen LogP contribution in [0.25, 0.3) is 0 Å². The SMILES string of the molecule is Cn1cc(C2CCCCCC2O)cn1. The lowest BCUT2D eigenvalue weighted by molar-refractivity contribution is 0.135. The highest BCUT2D eigenvalue weighted by molar-refractivity contribution is 5.13. The molecule has 3 nitrogen and oxygen atoms in total. The van der Waals surface area contributed by atoms with E-state index in [2.05, 4.69) is 5.10 Å². The van der Waals surface area contributed by atoms with Crippen LogP contribution in [0.5, 0.6) is 0 Å². The molecule has 14 heavy (non-hydrogen) atoms. The molecule has 1 aromatic heterocycles. The molecular weight excluding hydrogens is 176 g/mol. The first-order valence-electron chi connectivity index (χ1n) is 5.44. The second-order valence-corrected chi connectivity index (χ2v) is 4.26. The molecule has 1 aliphatic carbocycles. The zero-order chi connectivity index (χ0) is 9.97. The Morgan fingerprint density at radius 3 is 2.86 bits per heavy atom. The summed E-state index contributed by atoms with van der Waals surface area (Å²) in [6, 6.07) is 0. The predicted octanol–water partition coefficient (Wildman–Crippen LogP) is 1.83. The number of hydrogen-bond acceptors (Lipinski definition) is 2. The van der Waals surface area contributed by atoms with Crippen molar-refractivity contribution in [3.63, 3.8) is 0 Å². The van der Waals surface area contributed by atoms with E-state index in [0.29, 0.717) is 5.92 Å². The van der Waals surface area contributed by atoms with E-state index in [1.165, 1.54) is 18.4 Å². The Bertz CT molecular complexity index is 295. The van der Waals surface area contributed by atoms with Crippen molar-refractivity contribution in [2.45, 2.75) is 44.1 Å². The number of aromatic nitrogens is 2. The molecule has 0 aromatic carbocycles. The van der Waals surface area contributed by atoms with E-state index in [9.17, 15) is 5.11 Å². The topological polar surface area (TPSA) is 38.0 Å². The van der Waals surface area contributed by atoms with E-state index in [1.54, 1.807) is 0 Å². The van der Waals surface area contributed by atoms with Gasteiger partial charge in [-0.1, -0.05) is 19.3 Å². The first-order valence-corrected chi connectivity index (χ1v) is 5.44. The third kappa shape index (κ3) is 1.98. The van der Waals surface area contributed by atoms with Crippen LogP contribution in [0.1, 0.15) is 43.6 Å². The molecule has 0 saturated heterocycles. The van der Waals surface area contributed by atoms with E-state index in [-0.39, 0.29) is 6.10 Å². The second kappa shape index (κ2) is 4.13. The zero-order valence-electron chi connectivity index (χ0n) is 8.69. The van der Waals surface area contributed by atoms with Gasteiger partial charge in [-0.15, -0.1) is 0 Å². The molecule has 1 saturated carbocycles. The van der Waals surface area contributed by atoms with E-state index in [1.807, 2.05) is 24.1 Å². The number of aryl methyl sites for hydroxylation is 1. The highest BCUT2D eigenvalue weighted by Gasteiger charge is 2.23.